The molecule has 1 aromatic rings. The largest absolute Gasteiger partial charge is 0.476 e. The molecule has 0 atom stereocenters. The molecule has 8 heteroatoms. The number of hydrogen-bond donors (Lipinski definition) is 4. The number of urea groups is 1. The van der Waals surface area contributed by atoms with Gasteiger partial charge >= 0.3 is 12.0 Å². The number of hydrogen-bond acceptors (Lipinski definition) is 4. The molecule has 17 heavy (non-hydrogen) atoms. The fourth-order valence-corrected chi connectivity index (χ4v) is 1.14. The molecule has 0 aliphatic carbocycles. The highest BCUT2D eigenvalue weighted by Gasteiger charge is 2.06. The van der Waals surface area contributed by atoms with E-state index in [0.717, 1.165) is 0 Å². The molecule has 2 amide bonds. The van der Waals surface area contributed by atoms with E-state index in [1.807, 2.05) is 0 Å². The Bertz CT molecular complexity index is 390. The van der Waals surface area contributed by atoms with Crippen LogP contribution in [0, 0.1) is 0 Å². The Morgan fingerprint density at radius 2 is 2.12 bits per heavy atom. The molecule has 0 fully saturated rings. The Morgan fingerprint density at radius 3 is 2.71 bits per heavy atom. The van der Waals surface area contributed by atoms with E-state index in [1.165, 1.54) is 12.5 Å². The third-order valence-electron chi connectivity index (χ3n) is 1.94. The predicted molar refractivity (Wildman–Crippen MR) is 59.6 cm³/mol. The van der Waals surface area contributed by atoms with E-state index in [4.69, 9.17) is 10.8 Å². The summed E-state index contributed by atoms with van der Waals surface area (Å²) in [5.74, 6) is -1.07. The fraction of sp³-hybridized carbons (Fsp3) is 0.444. The minimum Gasteiger partial charge on any atom is -0.476 e. The highest BCUT2D eigenvalue weighted by atomic mass is 16.4. The molecule has 0 spiro atoms. The summed E-state index contributed by atoms with van der Waals surface area (Å²) >= 11 is 0. The van der Waals surface area contributed by atoms with Crippen LogP contribution < -0.4 is 16.4 Å². The number of carboxylic acids is 1. The monoisotopic (exact) mass is 241 g/mol. The lowest BCUT2D eigenvalue weighted by atomic mass is 10.5. The summed E-state index contributed by atoms with van der Waals surface area (Å²) in [7, 11) is 0. The number of nitrogens with zero attached hydrogens (tertiary/aromatic N) is 2. The van der Waals surface area contributed by atoms with Crippen molar-refractivity contribution in [1.29, 1.82) is 0 Å². The van der Waals surface area contributed by atoms with Crippen LogP contribution in [-0.4, -0.2) is 46.3 Å². The minimum absolute atomic E-state index is 0.0161. The molecular formula is C9H15N5O3. The smallest absolute Gasteiger partial charge is 0.356 e. The van der Waals surface area contributed by atoms with Crippen LogP contribution >= 0.6 is 0 Å². The number of nitrogens with two attached hydrogens (primary N) is 1. The molecule has 0 saturated carbocycles. The quantitative estimate of drug-likeness (QED) is 0.500. The number of imidazole rings is 1. The van der Waals surface area contributed by atoms with Crippen molar-refractivity contribution in [3.63, 3.8) is 0 Å². The van der Waals surface area contributed by atoms with Crippen LogP contribution in [0.3, 0.4) is 0 Å². The van der Waals surface area contributed by atoms with Crippen molar-refractivity contribution in [2.75, 3.05) is 19.6 Å². The Hall–Kier alpha value is -2.09. The second-order valence-corrected chi connectivity index (χ2v) is 3.27. The normalized spacial score (nSPS) is 9.94. The Labute approximate surface area is 97.8 Å². The van der Waals surface area contributed by atoms with Crippen LogP contribution in [0.5, 0.6) is 0 Å². The standard InChI is InChI=1S/C9H15N5O3/c10-1-2-11-9(17)12-3-4-14-5-7(8(15)16)13-6-14/h5-6H,1-4,10H2,(H,15,16)(H2,11,12,17). The summed E-state index contributed by atoms with van der Waals surface area (Å²) in [6.45, 7) is 1.64. The Kier molecular flexibility index (Phi) is 4.95. The van der Waals surface area contributed by atoms with Gasteiger partial charge in [0.15, 0.2) is 5.69 Å². The minimum atomic E-state index is -1.07. The summed E-state index contributed by atoms with van der Waals surface area (Å²) in [6.07, 6.45) is 2.81. The van der Waals surface area contributed by atoms with Crippen LogP contribution in [0.1, 0.15) is 10.5 Å². The van der Waals surface area contributed by atoms with Crippen LogP contribution in [0.15, 0.2) is 12.5 Å². The fourth-order valence-electron chi connectivity index (χ4n) is 1.14. The van der Waals surface area contributed by atoms with E-state index >= 15 is 0 Å². The lowest BCUT2D eigenvalue weighted by molar-refractivity contribution is 0.0691. The summed E-state index contributed by atoms with van der Waals surface area (Å²) in [6, 6.07) is -0.297. The lowest BCUT2D eigenvalue weighted by Crippen LogP contribution is -2.39. The van der Waals surface area contributed by atoms with Crippen molar-refractivity contribution in [1.82, 2.24) is 20.2 Å². The van der Waals surface area contributed by atoms with E-state index in [1.54, 1.807) is 4.57 Å². The molecule has 1 heterocycles. The van der Waals surface area contributed by atoms with Gasteiger partial charge in [-0.2, -0.15) is 0 Å². The molecule has 5 N–H and O–H groups in total. The van der Waals surface area contributed by atoms with Crippen LogP contribution in [0.4, 0.5) is 4.79 Å². The molecule has 1 rings (SSSR count). The maximum atomic E-state index is 11.1. The average Bonchev–Trinajstić information content (AvgIpc) is 2.75. The third kappa shape index (κ3) is 4.51. The molecular weight excluding hydrogens is 226 g/mol. The number of aromatic carboxylic acids is 1. The molecule has 0 bridgehead atoms. The summed E-state index contributed by atoms with van der Waals surface area (Å²) < 4.78 is 1.59. The van der Waals surface area contributed by atoms with Gasteiger partial charge in [-0.1, -0.05) is 0 Å². The number of carbonyl (C=O) groups is 2. The summed E-state index contributed by atoms with van der Waals surface area (Å²) in [5.41, 5.74) is 5.20. The first-order valence-corrected chi connectivity index (χ1v) is 5.10. The molecule has 0 saturated heterocycles. The van der Waals surface area contributed by atoms with Gasteiger partial charge in [-0.3, -0.25) is 0 Å². The Balaban J connectivity index is 2.26. The molecule has 0 aromatic carbocycles. The lowest BCUT2D eigenvalue weighted by Gasteiger charge is -2.06. The molecule has 1 aromatic heterocycles. The zero-order valence-electron chi connectivity index (χ0n) is 9.22. The number of carboxylic acid groups (broad SMARTS) is 1. The van der Waals surface area contributed by atoms with Gasteiger partial charge in [0.25, 0.3) is 0 Å². The SMILES string of the molecule is NCCNC(=O)NCCn1cnc(C(=O)O)c1. The van der Waals surface area contributed by atoms with Gasteiger partial charge in [-0.15, -0.1) is 0 Å². The number of rotatable bonds is 6. The van der Waals surface area contributed by atoms with Gasteiger partial charge in [0.1, 0.15) is 0 Å². The maximum absolute atomic E-state index is 11.1. The van der Waals surface area contributed by atoms with E-state index in [0.29, 0.717) is 26.2 Å². The summed E-state index contributed by atoms with van der Waals surface area (Å²) in [4.78, 5) is 25.3. The van der Waals surface area contributed by atoms with E-state index in [-0.39, 0.29) is 11.7 Å². The van der Waals surface area contributed by atoms with Crippen molar-refractivity contribution in [3.05, 3.63) is 18.2 Å². The van der Waals surface area contributed by atoms with Crippen molar-refractivity contribution < 1.29 is 14.7 Å². The first-order chi connectivity index (χ1) is 8.13. The van der Waals surface area contributed by atoms with Crippen molar-refractivity contribution in [3.8, 4) is 0 Å². The molecule has 94 valence electrons. The highest BCUT2D eigenvalue weighted by Crippen LogP contribution is 1.95. The first kappa shape index (κ1) is 13.0. The van der Waals surface area contributed by atoms with Crippen LogP contribution in [0.25, 0.3) is 0 Å². The van der Waals surface area contributed by atoms with Gasteiger partial charge in [-0.25, -0.2) is 14.6 Å². The van der Waals surface area contributed by atoms with Gasteiger partial charge in [0.2, 0.25) is 0 Å². The molecule has 8 nitrogen and oxygen atoms in total. The molecule has 0 unspecified atom stereocenters. The zero-order chi connectivity index (χ0) is 12.7. The zero-order valence-corrected chi connectivity index (χ0v) is 9.22. The van der Waals surface area contributed by atoms with E-state index < -0.39 is 5.97 Å². The maximum Gasteiger partial charge on any atom is 0.356 e. The van der Waals surface area contributed by atoms with Crippen molar-refractivity contribution >= 4 is 12.0 Å². The third-order valence-corrected chi connectivity index (χ3v) is 1.94. The number of nitrogens with one attached hydrogen (secondary N) is 2. The second-order valence-electron chi connectivity index (χ2n) is 3.27. The number of aromatic nitrogens is 2. The summed E-state index contributed by atoms with van der Waals surface area (Å²) in [5, 5.41) is 13.8. The average molecular weight is 241 g/mol. The molecule has 0 aliphatic rings. The topological polar surface area (TPSA) is 122 Å². The highest BCUT2D eigenvalue weighted by molar-refractivity contribution is 5.84. The number of carbonyl (C=O) groups excluding carboxylic acids is 1. The molecule has 0 radical (unpaired) electrons. The van der Waals surface area contributed by atoms with Crippen LogP contribution in [-0.2, 0) is 6.54 Å². The van der Waals surface area contributed by atoms with Crippen molar-refractivity contribution in [2.24, 2.45) is 5.73 Å². The molecule has 0 aliphatic heterocycles. The second kappa shape index (κ2) is 6.48. The van der Waals surface area contributed by atoms with Gasteiger partial charge < -0.3 is 26.0 Å². The van der Waals surface area contributed by atoms with Crippen LogP contribution in [0.2, 0.25) is 0 Å². The van der Waals surface area contributed by atoms with E-state index in [2.05, 4.69) is 15.6 Å². The van der Waals surface area contributed by atoms with Gasteiger partial charge in [-0.05, 0) is 0 Å². The van der Waals surface area contributed by atoms with Gasteiger partial charge in [0, 0.05) is 32.4 Å². The van der Waals surface area contributed by atoms with Gasteiger partial charge in [0.05, 0.1) is 6.33 Å². The van der Waals surface area contributed by atoms with E-state index in [9.17, 15) is 9.59 Å². The predicted octanol–water partition coefficient (Wildman–Crippen LogP) is -1.16. The number of amides is 2. The van der Waals surface area contributed by atoms with Crippen molar-refractivity contribution in [2.45, 2.75) is 6.54 Å². The first-order valence-electron chi connectivity index (χ1n) is 5.10. The Morgan fingerprint density at radius 1 is 1.41 bits per heavy atom.